The molecule has 0 amide bonds. The maximum atomic E-state index is 5.75. The zero-order valence-corrected chi connectivity index (χ0v) is 12.3. The first kappa shape index (κ1) is 13.5. The van der Waals surface area contributed by atoms with Gasteiger partial charge in [0.1, 0.15) is 5.75 Å². The summed E-state index contributed by atoms with van der Waals surface area (Å²) in [6.07, 6.45) is 3.93. The molecule has 0 saturated carbocycles. The normalized spacial score (nSPS) is 19.2. The summed E-state index contributed by atoms with van der Waals surface area (Å²) < 4.78 is 5.72. The first-order valence-corrected chi connectivity index (χ1v) is 7.69. The molecule has 1 aromatic heterocycles. The number of rotatable bonds is 4. The summed E-state index contributed by atoms with van der Waals surface area (Å²) in [4.78, 5) is 5.52. The van der Waals surface area contributed by atoms with E-state index in [1.54, 1.807) is 11.3 Å². The second-order valence-electron chi connectivity index (χ2n) is 5.11. The molecule has 2 aromatic rings. The van der Waals surface area contributed by atoms with Crippen molar-refractivity contribution in [2.75, 3.05) is 6.61 Å². The van der Waals surface area contributed by atoms with Gasteiger partial charge in [-0.3, -0.25) is 11.3 Å². The predicted octanol–water partition coefficient (Wildman–Crippen LogP) is 2.91. The van der Waals surface area contributed by atoms with E-state index in [4.69, 9.17) is 10.6 Å². The van der Waals surface area contributed by atoms with Crippen molar-refractivity contribution in [3.63, 3.8) is 0 Å². The van der Waals surface area contributed by atoms with E-state index < -0.39 is 0 Å². The number of ether oxygens (including phenoxy) is 1. The van der Waals surface area contributed by atoms with Gasteiger partial charge in [-0.2, -0.15) is 0 Å². The van der Waals surface area contributed by atoms with Gasteiger partial charge >= 0.3 is 0 Å². The van der Waals surface area contributed by atoms with Crippen LogP contribution in [-0.4, -0.2) is 11.6 Å². The highest BCUT2D eigenvalue weighted by Crippen LogP contribution is 2.39. The maximum Gasteiger partial charge on any atom is 0.122 e. The third-order valence-corrected chi connectivity index (χ3v) is 4.81. The number of nitrogens with two attached hydrogens (primary N) is 1. The fourth-order valence-corrected chi connectivity index (χ4v) is 3.61. The van der Waals surface area contributed by atoms with Crippen LogP contribution < -0.4 is 16.0 Å². The first-order chi connectivity index (χ1) is 9.78. The van der Waals surface area contributed by atoms with Gasteiger partial charge in [0, 0.05) is 11.1 Å². The summed E-state index contributed by atoms with van der Waals surface area (Å²) in [5.41, 5.74) is 4.23. The molecule has 1 aromatic carbocycles. The van der Waals surface area contributed by atoms with E-state index in [1.165, 1.54) is 10.4 Å². The van der Waals surface area contributed by atoms with Crippen LogP contribution in [0.5, 0.6) is 5.75 Å². The molecule has 0 saturated heterocycles. The average molecular weight is 289 g/mol. The lowest BCUT2D eigenvalue weighted by Gasteiger charge is -2.28. The number of hydrogen-bond donors (Lipinski definition) is 2. The van der Waals surface area contributed by atoms with E-state index in [0.717, 1.165) is 30.2 Å². The molecule has 2 unspecified atom stereocenters. The summed E-state index contributed by atoms with van der Waals surface area (Å²) in [6, 6.07) is 8.44. The van der Waals surface area contributed by atoms with Crippen LogP contribution in [0.25, 0.3) is 0 Å². The Kier molecular flexibility index (Phi) is 4.00. The Labute approximate surface area is 123 Å². The molecular formula is C15H19N3OS. The quantitative estimate of drug-likeness (QED) is 0.671. The van der Waals surface area contributed by atoms with E-state index in [2.05, 4.69) is 22.5 Å². The molecule has 1 aliphatic heterocycles. The molecule has 5 heteroatoms. The topological polar surface area (TPSA) is 60.2 Å². The molecular weight excluding hydrogens is 270 g/mol. The van der Waals surface area contributed by atoms with E-state index >= 15 is 0 Å². The van der Waals surface area contributed by atoms with Gasteiger partial charge in [-0.05, 0) is 37.3 Å². The molecule has 0 fully saturated rings. The van der Waals surface area contributed by atoms with Gasteiger partial charge in [-0.15, -0.1) is 11.3 Å². The summed E-state index contributed by atoms with van der Waals surface area (Å²) in [7, 11) is 0. The monoisotopic (exact) mass is 289 g/mol. The fraction of sp³-hybridized carbons (Fsp3) is 0.400. The number of nitrogens with one attached hydrogen (secondary N) is 1. The Balaban J connectivity index is 1.80. The van der Waals surface area contributed by atoms with Gasteiger partial charge < -0.3 is 4.74 Å². The van der Waals surface area contributed by atoms with Crippen LogP contribution in [0.15, 0.2) is 30.5 Å². The average Bonchev–Trinajstić information content (AvgIpc) is 2.91. The van der Waals surface area contributed by atoms with Gasteiger partial charge in [0.25, 0.3) is 0 Å². The minimum Gasteiger partial charge on any atom is -0.493 e. The van der Waals surface area contributed by atoms with Crippen molar-refractivity contribution in [1.29, 1.82) is 0 Å². The number of fused-ring (bicyclic) bond motifs is 1. The molecule has 1 aliphatic rings. The molecule has 3 N–H and O–H groups in total. The van der Waals surface area contributed by atoms with Crippen molar-refractivity contribution in [3.05, 3.63) is 45.9 Å². The van der Waals surface area contributed by atoms with Crippen molar-refractivity contribution in [2.45, 2.75) is 31.7 Å². The highest BCUT2D eigenvalue weighted by molar-refractivity contribution is 7.11. The second-order valence-corrected chi connectivity index (χ2v) is 6.37. The minimum atomic E-state index is 0.150. The van der Waals surface area contributed by atoms with Gasteiger partial charge in [0.2, 0.25) is 0 Å². The molecule has 0 radical (unpaired) electrons. The van der Waals surface area contributed by atoms with Gasteiger partial charge in [0.15, 0.2) is 0 Å². The zero-order valence-electron chi connectivity index (χ0n) is 11.5. The van der Waals surface area contributed by atoms with E-state index in [1.807, 2.05) is 25.3 Å². The van der Waals surface area contributed by atoms with E-state index in [0.29, 0.717) is 5.92 Å². The molecule has 20 heavy (non-hydrogen) atoms. The Bertz CT molecular complexity index is 584. The number of benzene rings is 1. The SMILES string of the molecule is Cc1ncc(C(CC2CCOc3ccccc32)NN)s1. The second kappa shape index (κ2) is 5.91. The number of nitrogens with zero attached hydrogens (tertiary/aromatic N) is 1. The summed E-state index contributed by atoms with van der Waals surface area (Å²) in [5, 5.41) is 1.08. The van der Waals surface area contributed by atoms with Crippen molar-refractivity contribution in [1.82, 2.24) is 10.4 Å². The van der Waals surface area contributed by atoms with Crippen LogP contribution >= 0.6 is 11.3 Å². The van der Waals surface area contributed by atoms with Crippen LogP contribution in [0.1, 0.15) is 40.2 Å². The van der Waals surface area contributed by atoms with Crippen LogP contribution in [0.4, 0.5) is 0 Å². The van der Waals surface area contributed by atoms with E-state index in [9.17, 15) is 0 Å². The third kappa shape index (κ3) is 2.70. The van der Waals surface area contributed by atoms with Gasteiger partial charge in [-0.25, -0.2) is 4.98 Å². The Morgan fingerprint density at radius 2 is 2.35 bits per heavy atom. The Morgan fingerprint density at radius 3 is 3.10 bits per heavy atom. The number of aromatic nitrogens is 1. The Hall–Kier alpha value is -1.43. The molecule has 0 aliphatic carbocycles. The minimum absolute atomic E-state index is 0.150. The lowest BCUT2D eigenvalue weighted by molar-refractivity contribution is 0.255. The zero-order chi connectivity index (χ0) is 13.9. The van der Waals surface area contributed by atoms with Crippen molar-refractivity contribution in [3.8, 4) is 5.75 Å². The number of para-hydroxylation sites is 1. The Morgan fingerprint density at radius 1 is 1.50 bits per heavy atom. The smallest absolute Gasteiger partial charge is 0.122 e. The van der Waals surface area contributed by atoms with Crippen LogP contribution in [0.2, 0.25) is 0 Å². The molecule has 0 bridgehead atoms. The maximum absolute atomic E-state index is 5.75. The predicted molar refractivity (Wildman–Crippen MR) is 80.8 cm³/mol. The van der Waals surface area contributed by atoms with Crippen molar-refractivity contribution < 1.29 is 4.74 Å². The summed E-state index contributed by atoms with van der Waals surface area (Å²) in [6.45, 7) is 2.80. The van der Waals surface area contributed by atoms with Crippen molar-refractivity contribution >= 4 is 11.3 Å². The van der Waals surface area contributed by atoms with Gasteiger partial charge in [0.05, 0.1) is 17.7 Å². The lowest BCUT2D eigenvalue weighted by Crippen LogP contribution is -2.29. The summed E-state index contributed by atoms with van der Waals surface area (Å²) in [5.74, 6) is 7.24. The number of aryl methyl sites for hydroxylation is 1. The molecule has 4 nitrogen and oxygen atoms in total. The fourth-order valence-electron chi connectivity index (χ4n) is 2.75. The summed E-state index contributed by atoms with van der Waals surface area (Å²) >= 11 is 1.71. The number of thiazole rings is 1. The highest BCUT2D eigenvalue weighted by Gasteiger charge is 2.25. The molecule has 3 rings (SSSR count). The number of hydrogen-bond acceptors (Lipinski definition) is 5. The third-order valence-electron chi connectivity index (χ3n) is 3.79. The van der Waals surface area contributed by atoms with E-state index in [-0.39, 0.29) is 6.04 Å². The molecule has 2 heterocycles. The van der Waals surface area contributed by atoms with Gasteiger partial charge in [-0.1, -0.05) is 18.2 Å². The van der Waals surface area contributed by atoms with Crippen molar-refractivity contribution in [2.24, 2.45) is 5.84 Å². The standard InChI is InChI=1S/C15H19N3OS/c1-10-17-9-15(20-10)13(18-16)8-11-6-7-19-14-5-3-2-4-12(11)14/h2-5,9,11,13,18H,6-8,16H2,1H3. The van der Waals surface area contributed by atoms with Crippen LogP contribution in [-0.2, 0) is 0 Å². The lowest BCUT2D eigenvalue weighted by atomic mass is 9.87. The molecule has 106 valence electrons. The van der Waals surface area contributed by atoms with Crippen LogP contribution in [0.3, 0.4) is 0 Å². The largest absolute Gasteiger partial charge is 0.493 e. The van der Waals surface area contributed by atoms with Crippen LogP contribution in [0, 0.1) is 6.92 Å². The first-order valence-electron chi connectivity index (χ1n) is 6.88. The number of hydrazine groups is 1. The highest BCUT2D eigenvalue weighted by atomic mass is 32.1. The molecule has 0 spiro atoms. The molecule has 2 atom stereocenters.